The molecule has 0 N–H and O–H groups in total. The van der Waals surface area contributed by atoms with Crippen molar-refractivity contribution in [1.29, 1.82) is 0 Å². The summed E-state index contributed by atoms with van der Waals surface area (Å²) in [5.74, 6) is 2.27. The van der Waals surface area contributed by atoms with Crippen molar-refractivity contribution in [2.75, 3.05) is 6.61 Å². The molecule has 6 nitrogen and oxygen atoms in total. The van der Waals surface area contributed by atoms with Gasteiger partial charge in [0.25, 0.3) is 0 Å². The minimum absolute atomic E-state index is 0.556. The van der Waals surface area contributed by atoms with E-state index in [0.29, 0.717) is 19.0 Å². The largest absolute Gasteiger partial charge is 0.492 e. The maximum absolute atomic E-state index is 5.76. The smallest absolute Gasteiger partial charge is 0.178 e. The van der Waals surface area contributed by atoms with Gasteiger partial charge in [-0.15, -0.1) is 0 Å². The van der Waals surface area contributed by atoms with Gasteiger partial charge in [-0.2, -0.15) is 0 Å². The summed E-state index contributed by atoms with van der Waals surface area (Å²) in [6, 6.07) is 15.4. The van der Waals surface area contributed by atoms with E-state index in [2.05, 4.69) is 19.9 Å². The van der Waals surface area contributed by atoms with Gasteiger partial charge < -0.3 is 9.30 Å². The Kier molecular flexibility index (Phi) is 4.64. The van der Waals surface area contributed by atoms with Crippen LogP contribution in [0.4, 0.5) is 0 Å². The molecule has 0 fully saturated rings. The van der Waals surface area contributed by atoms with E-state index in [1.807, 2.05) is 59.3 Å². The molecule has 0 aliphatic heterocycles. The molecule has 0 radical (unpaired) electrons. The molecule has 0 aliphatic carbocycles. The van der Waals surface area contributed by atoms with E-state index in [9.17, 15) is 0 Å². The monoisotopic (exact) mass is 343 g/mol. The SMILES string of the molecule is c1ccc(OCCn2ccnc2-c2cnc(-c3ccccn3)nc2)cc1. The topological polar surface area (TPSA) is 65.7 Å². The first kappa shape index (κ1) is 16.0. The van der Waals surface area contributed by atoms with Crippen LogP contribution in [0.25, 0.3) is 22.9 Å². The van der Waals surface area contributed by atoms with Crippen LogP contribution in [-0.4, -0.2) is 31.1 Å². The fourth-order valence-corrected chi connectivity index (χ4v) is 2.60. The number of nitrogens with zero attached hydrogens (tertiary/aromatic N) is 5. The van der Waals surface area contributed by atoms with Crippen LogP contribution in [0, 0.1) is 0 Å². The average Bonchev–Trinajstić information content (AvgIpc) is 3.18. The molecule has 4 rings (SSSR count). The van der Waals surface area contributed by atoms with Crippen LogP contribution in [0.3, 0.4) is 0 Å². The van der Waals surface area contributed by atoms with Crippen LogP contribution in [-0.2, 0) is 6.54 Å². The van der Waals surface area contributed by atoms with Gasteiger partial charge in [0, 0.05) is 31.0 Å². The van der Waals surface area contributed by atoms with Crippen LogP contribution < -0.4 is 4.74 Å². The maximum Gasteiger partial charge on any atom is 0.178 e. The number of ether oxygens (including phenoxy) is 1. The maximum atomic E-state index is 5.76. The van der Waals surface area contributed by atoms with Crippen molar-refractivity contribution in [3.63, 3.8) is 0 Å². The molecule has 0 spiro atoms. The summed E-state index contributed by atoms with van der Waals surface area (Å²) in [5.41, 5.74) is 1.60. The van der Waals surface area contributed by atoms with E-state index < -0.39 is 0 Å². The first-order valence-corrected chi connectivity index (χ1v) is 8.33. The second-order valence-electron chi connectivity index (χ2n) is 5.62. The fraction of sp³-hybridized carbons (Fsp3) is 0.100. The summed E-state index contributed by atoms with van der Waals surface area (Å²) in [4.78, 5) is 17.5. The van der Waals surface area contributed by atoms with Crippen LogP contribution in [0.15, 0.2) is 79.5 Å². The van der Waals surface area contributed by atoms with Gasteiger partial charge in [0.2, 0.25) is 0 Å². The van der Waals surface area contributed by atoms with E-state index >= 15 is 0 Å². The number of para-hydroxylation sites is 1. The molecule has 128 valence electrons. The van der Waals surface area contributed by atoms with Crippen molar-refractivity contribution in [1.82, 2.24) is 24.5 Å². The number of hydrogen-bond acceptors (Lipinski definition) is 5. The number of benzene rings is 1. The van der Waals surface area contributed by atoms with Crippen molar-refractivity contribution >= 4 is 0 Å². The van der Waals surface area contributed by atoms with Gasteiger partial charge in [0.15, 0.2) is 5.82 Å². The highest BCUT2D eigenvalue weighted by Crippen LogP contribution is 2.18. The van der Waals surface area contributed by atoms with Gasteiger partial charge in [-0.3, -0.25) is 4.98 Å². The van der Waals surface area contributed by atoms with Crippen LogP contribution in [0.1, 0.15) is 0 Å². The number of aromatic nitrogens is 5. The van der Waals surface area contributed by atoms with Crippen molar-refractivity contribution in [3.8, 4) is 28.7 Å². The minimum atomic E-state index is 0.556. The molecule has 0 saturated heterocycles. The number of hydrogen-bond donors (Lipinski definition) is 0. The third-order valence-corrected chi connectivity index (χ3v) is 3.86. The molecule has 0 saturated carbocycles. The second-order valence-corrected chi connectivity index (χ2v) is 5.62. The summed E-state index contributed by atoms with van der Waals surface area (Å²) in [6.45, 7) is 1.24. The zero-order valence-corrected chi connectivity index (χ0v) is 14.1. The molecule has 3 aromatic heterocycles. The molecular weight excluding hydrogens is 326 g/mol. The predicted molar refractivity (Wildman–Crippen MR) is 98.4 cm³/mol. The predicted octanol–water partition coefficient (Wildman–Crippen LogP) is 3.48. The van der Waals surface area contributed by atoms with E-state index in [1.165, 1.54) is 0 Å². The highest BCUT2D eigenvalue weighted by molar-refractivity contribution is 5.56. The lowest BCUT2D eigenvalue weighted by Gasteiger charge is -2.09. The molecule has 6 heteroatoms. The van der Waals surface area contributed by atoms with Gasteiger partial charge in [-0.25, -0.2) is 15.0 Å². The van der Waals surface area contributed by atoms with Crippen molar-refractivity contribution in [2.45, 2.75) is 6.54 Å². The molecule has 3 heterocycles. The molecule has 1 aromatic carbocycles. The van der Waals surface area contributed by atoms with E-state index in [4.69, 9.17) is 4.74 Å². The summed E-state index contributed by atoms with van der Waals surface area (Å²) in [5, 5.41) is 0. The summed E-state index contributed by atoms with van der Waals surface area (Å²) >= 11 is 0. The fourth-order valence-electron chi connectivity index (χ4n) is 2.60. The van der Waals surface area contributed by atoms with Crippen LogP contribution in [0.5, 0.6) is 5.75 Å². The number of imidazole rings is 1. The Morgan fingerprint density at radius 1 is 0.808 bits per heavy atom. The average molecular weight is 343 g/mol. The normalized spacial score (nSPS) is 10.6. The summed E-state index contributed by atoms with van der Waals surface area (Å²) in [6.07, 6.45) is 8.97. The Hall–Kier alpha value is -3.54. The first-order valence-electron chi connectivity index (χ1n) is 8.33. The highest BCUT2D eigenvalue weighted by atomic mass is 16.5. The van der Waals surface area contributed by atoms with Gasteiger partial charge in [0.1, 0.15) is 23.9 Å². The quantitative estimate of drug-likeness (QED) is 0.536. The molecule has 26 heavy (non-hydrogen) atoms. The summed E-state index contributed by atoms with van der Waals surface area (Å²) in [7, 11) is 0. The molecule has 0 atom stereocenters. The second kappa shape index (κ2) is 7.57. The van der Waals surface area contributed by atoms with Gasteiger partial charge >= 0.3 is 0 Å². The Morgan fingerprint density at radius 3 is 2.38 bits per heavy atom. The molecule has 0 bridgehead atoms. The lowest BCUT2D eigenvalue weighted by molar-refractivity contribution is 0.299. The van der Waals surface area contributed by atoms with Gasteiger partial charge in [-0.1, -0.05) is 24.3 Å². The number of rotatable bonds is 6. The Balaban J connectivity index is 1.46. The third kappa shape index (κ3) is 3.59. The standard InChI is InChI=1S/C20H17N5O/c1-2-6-17(7-3-1)26-13-12-25-11-10-22-20(25)16-14-23-19(24-15-16)18-8-4-5-9-21-18/h1-11,14-15H,12-13H2. The highest BCUT2D eigenvalue weighted by Gasteiger charge is 2.09. The van der Waals surface area contributed by atoms with Gasteiger partial charge in [0.05, 0.1) is 12.1 Å². The Labute approximate surface area is 151 Å². The van der Waals surface area contributed by atoms with Crippen LogP contribution >= 0.6 is 0 Å². The lowest BCUT2D eigenvalue weighted by Crippen LogP contribution is -2.09. The van der Waals surface area contributed by atoms with Gasteiger partial charge in [-0.05, 0) is 24.3 Å². The van der Waals surface area contributed by atoms with Crippen molar-refractivity contribution in [2.24, 2.45) is 0 Å². The molecule has 0 amide bonds. The zero-order valence-electron chi connectivity index (χ0n) is 14.1. The van der Waals surface area contributed by atoms with E-state index in [0.717, 1.165) is 22.8 Å². The Bertz CT molecular complexity index is 952. The first-order chi connectivity index (χ1) is 12.9. The van der Waals surface area contributed by atoms with E-state index in [-0.39, 0.29) is 0 Å². The van der Waals surface area contributed by atoms with Crippen LogP contribution in [0.2, 0.25) is 0 Å². The molecule has 0 aliphatic rings. The molecule has 4 aromatic rings. The third-order valence-electron chi connectivity index (χ3n) is 3.86. The Morgan fingerprint density at radius 2 is 1.62 bits per heavy atom. The molecular formula is C20H17N5O. The zero-order chi connectivity index (χ0) is 17.6. The summed E-state index contributed by atoms with van der Waals surface area (Å²) < 4.78 is 7.79. The molecule has 0 unspecified atom stereocenters. The van der Waals surface area contributed by atoms with E-state index in [1.54, 1.807) is 24.8 Å². The lowest BCUT2D eigenvalue weighted by atomic mass is 10.3. The minimum Gasteiger partial charge on any atom is -0.492 e. The number of pyridine rings is 1. The van der Waals surface area contributed by atoms with Crippen molar-refractivity contribution < 1.29 is 4.74 Å². The van der Waals surface area contributed by atoms with Crippen molar-refractivity contribution in [3.05, 3.63) is 79.5 Å².